The maximum Gasteiger partial charge on any atom is 0.336 e. The molecule has 0 aliphatic rings. The number of carbonyl (C=O) groups is 2. The number of carboxylic acids is 1. The smallest absolute Gasteiger partial charge is 0.336 e. The third-order valence-electron chi connectivity index (χ3n) is 1.73. The van der Waals surface area contributed by atoms with Crippen LogP contribution < -0.4 is 4.74 Å². The van der Waals surface area contributed by atoms with Gasteiger partial charge in [0.05, 0.1) is 15.1 Å². The van der Waals surface area contributed by atoms with Crippen LogP contribution in [0.3, 0.4) is 0 Å². The number of halogens is 5. The van der Waals surface area contributed by atoms with E-state index in [1.54, 1.807) is 0 Å². The van der Waals surface area contributed by atoms with Crippen molar-refractivity contribution in [2.75, 3.05) is 0 Å². The van der Waals surface area contributed by atoms with Crippen molar-refractivity contribution < 1.29 is 19.4 Å². The van der Waals surface area contributed by atoms with Crippen molar-refractivity contribution in [1.29, 1.82) is 0 Å². The van der Waals surface area contributed by atoms with Gasteiger partial charge in [0.1, 0.15) is 10.0 Å². The number of esters is 1. The van der Waals surface area contributed by atoms with Gasteiger partial charge in [-0.15, -0.1) is 0 Å². The molecular weight excluding hydrogens is 361 g/mol. The molecule has 0 amide bonds. The molecule has 0 spiro atoms. The summed E-state index contributed by atoms with van der Waals surface area (Å²) in [5.41, 5.74) is 0. The maximum absolute atomic E-state index is 11.3. The predicted molar refractivity (Wildman–Crippen MR) is 73.9 cm³/mol. The first-order valence-corrected chi connectivity index (χ1v) is 6.29. The molecule has 1 aromatic rings. The van der Waals surface area contributed by atoms with Gasteiger partial charge in [-0.25, -0.2) is 9.59 Å². The molecule has 0 fully saturated rings. The van der Waals surface area contributed by atoms with Crippen LogP contribution in [0.5, 0.6) is 5.75 Å². The fraction of sp³-hybridized carbons (Fsp3) is 0. The molecule has 1 N–H and O–H groups in total. The normalized spacial score (nSPS) is 10.8. The Morgan fingerprint density at radius 2 is 1.26 bits per heavy atom. The minimum absolute atomic E-state index is 0.0841. The van der Waals surface area contributed by atoms with E-state index < -0.39 is 11.9 Å². The number of aliphatic carboxylic acids is 1. The van der Waals surface area contributed by atoms with Crippen LogP contribution in [0.15, 0.2) is 12.2 Å². The molecule has 0 bridgehead atoms. The molecule has 9 heteroatoms. The zero-order chi connectivity index (χ0) is 14.7. The van der Waals surface area contributed by atoms with Gasteiger partial charge in [0.25, 0.3) is 0 Å². The molecule has 102 valence electrons. The minimum Gasteiger partial charge on any atom is -0.478 e. The SMILES string of the molecule is O=C(O)C=CC(=O)Oc1c(Cl)c(Cl)c(Cl)c(Cl)c1Cl. The second kappa shape index (κ2) is 6.68. The molecule has 4 nitrogen and oxygen atoms in total. The third kappa shape index (κ3) is 3.91. The van der Waals surface area contributed by atoms with Gasteiger partial charge in [0.15, 0.2) is 5.75 Å². The van der Waals surface area contributed by atoms with Crippen molar-refractivity contribution in [3.05, 3.63) is 37.3 Å². The lowest BCUT2D eigenvalue weighted by Crippen LogP contribution is -2.06. The molecule has 0 aliphatic heterocycles. The summed E-state index contributed by atoms with van der Waals surface area (Å²) in [5.74, 6) is -2.63. The van der Waals surface area contributed by atoms with E-state index in [9.17, 15) is 9.59 Å². The summed E-state index contributed by atoms with van der Waals surface area (Å²) in [5, 5.41) is 7.58. The summed E-state index contributed by atoms with van der Waals surface area (Å²) in [6, 6.07) is 0. The van der Waals surface area contributed by atoms with E-state index >= 15 is 0 Å². The summed E-state index contributed by atoms with van der Waals surface area (Å²) in [6.45, 7) is 0. The van der Waals surface area contributed by atoms with Gasteiger partial charge in [-0.05, 0) is 0 Å². The summed E-state index contributed by atoms with van der Waals surface area (Å²) >= 11 is 28.9. The van der Waals surface area contributed by atoms with E-state index in [1.807, 2.05) is 0 Å². The van der Waals surface area contributed by atoms with Gasteiger partial charge < -0.3 is 9.84 Å². The highest BCUT2D eigenvalue weighted by Crippen LogP contribution is 2.48. The van der Waals surface area contributed by atoms with E-state index in [-0.39, 0.29) is 30.9 Å². The first kappa shape index (κ1) is 16.4. The van der Waals surface area contributed by atoms with E-state index in [4.69, 9.17) is 67.8 Å². The predicted octanol–water partition coefficient (Wildman–Crippen LogP) is 4.50. The minimum atomic E-state index is -1.32. The van der Waals surface area contributed by atoms with Crippen LogP contribution in [0.25, 0.3) is 0 Å². The van der Waals surface area contributed by atoms with Crippen LogP contribution in [-0.2, 0) is 9.59 Å². The second-order valence-electron chi connectivity index (χ2n) is 2.99. The number of carboxylic acid groups (broad SMARTS) is 1. The van der Waals surface area contributed by atoms with Crippen molar-refractivity contribution in [2.45, 2.75) is 0 Å². The first-order valence-electron chi connectivity index (χ1n) is 4.40. The molecule has 0 saturated heterocycles. The van der Waals surface area contributed by atoms with Crippen LogP contribution >= 0.6 is 58.0 Å². The Morgan fingerprint density at radius 1 is 0.842 bits per heavy atom. The topological polar surface area (TPSA) is 63.6 Å². The Bertz CT molecular complexity index is 553. The Morgan fingerprint density at radius 3 is 1.68 bits per heavy atom. The van der Waals surface area contributed by atoms with Crippen LogP contribution in [0, 0.1) is 0 Å². The van der Waals surface area contributed by atoms with Gasteiger partial charge >= 0.3 is 11.9 Å². The first-order chi connectivity index (χ1) is 8.75. The van der Waals surface area contributed by atoms with Crippen molar-refractivity contribution in [3.8, 4) is 5.75 Å². The monoisotopic (exact) mass is 362 g/mol. The largest absolute Gasteiger partial charge is 0.478 e. The summed E-state index contributed by atoms with van der Waals surface area (Å²) in [7, 11) is 0. The molecule has 0 unspecified atom stereocenters. The molecule has 0 heterocycles. The van der Waals surface area contributed by atoms with E-state index in [0.717, 1.165) is 0 Å². The van der Waals surface area contributed by atoms with Crippen LogP contribution in [-0.4, -0.2) is 17.0 Å². The van der Waals surface area contributed by atoms with Crippen molar-refractivity contribution in [1.82, 2.24) is 0 Å². The number of rotatable bonds is 3. The molecular formula is C10H3Cl5O4. The number of carbonyl (C=O) groups excluding carboxylic acids is 1. The van der Waals surface area contributed by atoms with Gasteiger partial charge in [-0.2, -0.15) is 0 Å². The van der Waals surface area contributed by atoms with Crippen LogP contribution in [0.1, 0.15) is 0 Å². The molecule has 0 aromatic heterocycles. The standard InChI is InChI=1S/C10H3Cl5O4/c11-5-6(12)8(14)10(9(15)7(5)13)19-4(18)2-1-3(16)17/h1-2H,(H,16,17). The highest BCUT2D eigenvalue weighted by Gasteiger charge is 2.22. The average molecular weight is 364 g/mol. The van der Waals surface area contributed by atoms with E-state index in [1.165, 1.54) is 0 Å². The molecule has 0 aliphatic carbocycles. The number of hydrogen-bond acceptors (Lipinski definition) is 3. The third-order valence-corrected chi connectivity index (χ3v) is 3.98. The zero-order valence-corrected chi connectivity index (χ0v) is 12.5. The van der Waals surface area contributed by atoms with Gasteiger partial charge in [0, 0.05) is 12.2 Å². The average Bonchev–Trinajstić information content (AvgIpc) is 2.36. The van der Waals surface area contributed by atoms with Crippen LogP contribution in [0.2, 0.25) is 25.1 Å². The van der Waals surface area contributed by atoms with E-state index in [0.29, 0.717) is 12.2 Å². The highest BCUT2D eigenvalue weighted by atomic mass is 35.5. The molecule has 1 aromatic carbocycles. The number of ether oxygens (including phenoxy) is 1. The molecule has 0 radical (unpaired) electrons. The fourth-order valence-electron chi connectivity index (χ4n) is 0.948. The lowest BCUT2D eigenvalue weighted by Gasteiger charge is -2.11. The Kier molecular flexibility index (Phi) is 5.77. The number of benzene rings is 1. The quantitative estimate of drug-likeness (QED) is 0.282. The van der Waals surface area contributed by atoms with Crippen molar-refractivity contribution in [2.24, 2.45) is 0 Å². The lowest BCUT2D eigenvalue weighted by molar-refractivity contribution is -0.133. The molecule has 0 saturated carbocycles. The summed E-state index contributed by atoms with van der Waals surface area (Å²) in [4.78, 5) is 21.6. The molecule has 0 atom stereocenters. The van der Waals surface area contributed by atoms with Gasteiger partial charge in [-0.3, -0.25) is 0 Å². The Hall–Kier alpha value is -0.650. The van der Waals surface area contributed by atoms with Crippen molar-refractivity contribution >= 4 is 69.9 Å². The molecule has 19 heavy (non-hydrogen) atoms. The lowest BCUT2D eigenvalue weighted by atomic mass is 10.3. The Labute approximate surface area is 132 Å². The van der Waals surface area contributed by atoms with Crippen molar-refractivity contribution in [3.63, 3.8) is 0 Å². The summed E-state index contributed by atoms with van der Waals surface area (Å²) < 4.78 is 4.76. The molecule has 1 rings (SSSR count). The van der Waals surface area contributed by atoms with Gasteiger partial charge in [0.2, 0.25) is 0 Å². The zero-order valence-electron chi connectivity index (χ0n) is 8.72. The maximum atomic E-state index is 11.3. The fourth-order valence-corrected chi connectivity index (χ4v) is 2.15. The van der Waals surface area contributed by atoms with E-state index in [2.05, 4.69) is 0 Å². The Balaban J connectivity index is 3.16. The highest BCUT2D eigenvalue weighted by molar-refractivity contribution is 6.55. The summed E-state index contributed by atoms with van der Waals surface area (Å²) in [6.07, 6.45) is 1.26. The number of hydrogen-bond donors (Lipinski definition) is 1. The van der Waals surface area contributed by atoms with Crippen LogP contribution in [0.4, 0.5) is 0 Å². The second-order valence-corrected chi connectivity index (χ2v) is 4.88. The van der Waals surface area contributed by atoms with Gasteiger partial charge in [-0.1, -0.05) is 58.0 Å².